The summed E-state index contributed by atoms with van der Waals surface area (Å²) < 4.78 is 0. The summed E-state index contributed by atoms with van der Waals surface area (Å²) >= 11 is 0. The Morgan fingerprint density at radius 1 is 1.50 bits per heavy atom. The Morgan fingerprint density at radius 2 is 2.20 bits per heavy atom. The van der Waals surface area contributed by atoms with Crippen molar-refractivity contribution >= 4 is 5.91 Å². The summed E-state index contributed by atoms with van der Waals surface area (Å²) in [6.45, 7) is 1.76. The lowest BCUT2D eigenvalue weighted by Crippen LogP contribution is -2.46. The molecule has 5 heteroatoms. The van der Waals surface area contributed by atoms with Crippen LogP contribution >= 0.6 is 0 Å². The smallest absolute Gasteiger partial charge is 0.237 e. The van der Waals surface area contributed by atoms with E-state index in [2.05, 4.69) is 17.3 Å². The summed E-state index contributed by atoms with van der Waals surface area (Å²) in [4.78, 5) is 14.2. The zero-order chi connectivity index (χ0) is 14.5. The molecule has 0 aromatic heterocycles. The quantitative estimate of drug-likeness (QED) is 0.731. The Hall–Kier alpha value is -1.59. The SMILES string of the molecule is CN1CCCC1CNC(=O)[C@H](N)Cc1ccc(O)cc1. The van der Waals surface area contributed by atoms with E-state index in [1.54, 1.807) is 24.3 Å². The summed E-state index contributed by atoms with van der Waals surface area (Å²) in [5.74, 6) is 0.106. The molecule has 0 saturated carbocycles. The van der Waals surface area contributed by atoms with E-state index in [0.29, 0.717) is 19.0 Å². The molecule has 1 fully saturated rings. The second kappa shape index (κ2) is 6.72. The number of nitrogens with two attached hydrogens (primary N) is 1. The molecule has 110 valence electrons. The lowest BCUT2D eigenvalue weighted by Gasteiger charge is -2.21. The average molecular weight is 277 g/mol. The van der Waals surface area contributed by atoms with Gasteiger partial charge in [-0.05, 0) is 50.6 Å². The van der Waals surface area contributed by atoms with Gasteiger partial charge in [-0.15, -0.1) is 0 Å². The summed E-state index contributed by atoms with van der Waals surface area (Å²) in [7, 11) is 2.08. The van der Waals surface area contributed by atoms with Crippen LogP contribution < -0.4 is 11.1 Å². The molecule has 0 spiro atoms. The highest BCUT2D eigenvalue weighted by atomic mass is 16.3. The van der Waals surface area contributed by atoms with E-state index in [9.17, 15) is 9.90 Å². The maximum absolute atomic E-state index is 12.0. The van der Waals surface area contributed by atoms with E-state index in [1.165, 1.54) is 6.42 Å². The fourth-order valence-electron chi connectivity index (χ4n) is 2.57. The number of likely N-dealkylation sites (tertiary alicyclic amines) is 1. The van der Waals surface area contributed by atoms with Crippen LogP contribution in [0.3, 0.4) is 0 Å². The van der Waals surface area contributed by atoms with Gasteiger partial charge in [0.25, 0.3) is 0 Å². The third kappa shape index (κ3) is 3.95. The maximum Gasteiger partial charge on any atom is 0.237 e. The molecule has 4 N–H and O–H groups in total. The molecule has 1 aromatic carbocycles. The molecule has 0 radical (unpaired) electrons. The van der Waals surface area contributed by atoms with E-state index in [4.69, 9.17) is 5.73 Å². The molecule has 1 unspecified atom stereocenters. The molecule has 0 aliphatic carbocycles. The first-order valence-electron chi connectivity index (χ1n) is 7.07. The van der Waals surface area contributed by atoms with Gasteiger partial charge < -0.3 is 21.1 Å². The number of likely N-dealkylation sites (N-methyl/N-ethyl adjacent to an activating group) is 1. The number of nitrogens with zero attached hydrogens (tertiary/aromatic N) is 1. The monoisotopic (exact) mass is 277 g/mol. The maximum atomic E-state index is 12.0. The van der Waals surface area contributed by atoms with E-state index in [1.807, 2.05) is 0 Å². The molecule has 2 atom stereocenters. The fraction of sp³-hybridized carbons (Fsp3) is 0.533. The van der Waals surface area contributed by atoms with Crippen molar-refractivity contribution in [1.29, 1.82) is 0 Å². The second-order valence-corrected chi connectivity index (χ2v) is 5.50. The molecule has 1 aromatic rings. The number of phenols is 1. The van der Waals surface area contributed by atoms with E-state index in [-0.39, 0.29) is 11.7 Å². The van der Waals surface area contributed by atoms with Gasteiger partial charge in [0.2, 0.25) is 5.91 Å². The Morgan fingerprint density at radius 3 is 2.80 bits per heavy atom. The van der Waals surface area contributed by atoms with Gasteiger partial charge in [-0.3, -0.25) is 4.79 Å². The van der Waals surface area contributed by atoms with Crippen LogP contribution in [0, 0.1) is 0 Å². The van der Waals surface area contributed by atoms with Crippen LogP contribution in [-0.4, -0.2) is 48.1 Å². The lowest BCUT2D eigenvalue weighted by molar-refractivity contribution is -0.122. The van der Waals surface area contributed by atoms with Crippen molar-refractivity contribution in [2.45, 2.75) is 31.3 Å². The number of rotatable bonds is 5. The predicted octanol–water partition coefficient (Wildman–Crippen LogP) is 0.472. The first-order valence-corrected chi connectivity index (χ1v) is 7.07. The largest absolute Gasteiger partial charge is 0.508 e. The highest BCUT2D eigenvalue weighted by Gasteiger charge is 2.22. The number of hydrogen-bond acceptors (Lipinski definition) is 4. The Bertz CT molecular complexity index is 447. The van der Waals surface area contributed by atoms with Crippen LogP contribution in [0.1, 0.15) is 18.4 Å². The number of aromatic hydroxyl groups is 1. The van der Waals surface area contributed by atoms with Crippen LogP contribution in [0.15, 0.2) is 24.3 Å². The normalized spacial score (nSPS) is 20.8. The standard InChI is InChI=1S/C15H23N3O2/c1-18-8-2-3-12(18)10-17-15(20)14(16)9-11-4-6-13(19)7-5-11/h4-7,12,14,19H,2-3,8-10,16H2,1H3,(H,17,20)/t12?,14-/m1/s1. The zero-order valence-electron chi connectivity index (χ0n) is 11.9. The van der Waals surface area contributed by atoms with Gasteiger partial charge in [-0.1, -0.05) is 12.1 Å². The number of phenolic OH excluding ortho intramolecular Hbond substituents is 1. The first kappa shape index (κ1) is 14.8. The average Bonchev–Trinajstić information content (AvgIpc) is 2.84. The van der Waals surface area contributed by atoms with Crippen LogP contribution in [0.5, 0.6) is 5.75 Å². The third-order valence-electron chi connectivity index (χ3n) is 3.91. The van der Waals surface area contributed by atoms with Crippen molar-refractivity contribution in [3.05, 3.63) is 29.8 Å². The van der Waals surface area contributed by atoms with Crippen molar-refractivity contribution in [2.24, 2.45) is 5.73 Å². The lowest BCUT2D eigenvalue weighted by atomic mass is 10.1. The molecule has 0 bridgehead atoms. The molecule has 1 aliphatic heterocycles. The number of benzene rings is 1. The molecular weight excluding hydrogens is 254 g/mol. The number of amides is 1. The number of hydrogen-bond donors (Lipinski definition) is 3. The topological polar surface area (TPSA) is 78.6 Å². The Labute approximate surface area is 119 Å². The Kier molecular flexibility index (Phi) is 4.98. The second-order valence-electron chi connectivity index (χ2n) is 5.50. The van der Waals surface area contributed by atoms with Crippen LogP contribution in [0.25, 0.3) is 0 Å². The summed E-state index contributed by atoms with van der Waals surface area (Å²) in [5, 5.41) is 12.1. The number of carbonyl (C=O) groups excluding carboxylic acids is 1. The highest BCUT2D eigenvalue weighted by molar-refractivity contribution is 5.81. The van der Waals surface area contributed by atoms with Crippen molar-refractivity contribution in [3.8, 4) is 5.75 Å². The minimum atomic E-state index is -0.550. The van der Waals surface area contributed by atoms with Gasteiger partial charge in [-0.25, -0.2) is 0 Å². The molecule has 1 saturated heterocycles. The van der Waals surface area contributed by atoms with E-state index >= 15 is 0 Å². The van der Waals surface area contributed by atoms with Gasteiger partial charge >= 0.3 is 0 Å². The van der Waals surface area contributed by atoms with Crippen LogP contribution in [-0.2, 0) is 11.2 Å². The summed E-state index contributed by atoms with van der Waals surface area (Å²) in [5.41, 5.74) is 6.87. The van der Waals surface area contributed by atoms with Crippen LogP contribution in [0.2, 0.25) is 0 Å². The Balaban J connectivity index is 1.78. The van der Waals surface area contributed by atoms with Crippen molar-refractivity contribution in [1.82, 2.24) is 10.2 Å². The van der Waals surface area contributed by atoms with Gasteiger partial charge in [0.15, 0.2) is 0 Å². The van der Waals surface area contributed by atoms with Gasteiger partial charge in [0.05, 0.1) is 6.04 Å². The minimum Gasteiger partial charge on any atom is -0.508 e. The number of carbonyl (C=O) groups is 1. The molecule has 2 rings (SSSR count). The highest BCUT2D eigenvalue weighted by Crippen LogP contribution is 2.14. The molecule has 20 heavy (non-hydrogen) atoms. The van der Waals surface area contributed by atoms with Gasteiger partial charge in [0, 0.05) is 12.6 Å². The molecular formula is C15H23N3O2. The number of nitrogens with one attached hydrogen (secondary N) is 1. The van der Waals surface area contributed by atoms with Crippen molar-refractivity contribution in [2.75, 3.05) is 20.1 Å². The zero-order valence-corrected chi connectivity index (χ0v) is 11.9. The third-order valence-corrected chi connectivity index (χ3v) is 3.91. The molecule has 1 aliphatic rings. The molecule has 1 heterocycles. The van der Waals surface area contributed by atoms with Gasteiger partial charge in [-0.2, -0.15) is 0 Å². The van der Waals surface area contributed by atoms with Crippen LogP contribution in [0.4, 0.5) is 0 Å². The summed E-state index contributed by atoms with van der Waals surface area (Å²) in [6, 6.07) is 6.66. The predicted molar refractivity (Wildman–Crippen MR) is 78.4 cm³/mol. The van der Waals surface area contributed by atoms with Crippen molar-refractivity contribution in [3.63, 3.8) is 0 Å². The van der Waals surface area contributed by atoms with E-state index < -0.39 is 6.04 Å². The van der Waals surface area contributed by atoms with Crippen molar-refractivity contribution < 1.29 is 9.90 Å². The van der Waals surface area contributed by atoms with Gasteiger partial charge in [0.1, 0.15) is 5.75 Å². The summed E-state index contributed by atoms with van der Waals surface area (Å²) in [6.07, 6.45) is 2.80. The first-order chi connectivity index (χ1) is 9.56. The fourth-order valence-corrected chi connectivity index (χ4v) is 2.57. The minimum absolute atomic E-state index is 0.113. The van der Waals surface area contributed by atoms with E-state index in [0.717, 1.165) is 18.5 Å². The molecule has 1 amide bonds. The molecule has 5 nitrogen and oxygen atoms in total.